The van der Waals surface area contributed by atoms with E-state index in [1.54, 1.807) is 4.90 Å². The van der Waals surface area contributed by atoms with Crippen molar-refractivity contribution in [3.63, 3.8) is 0 Å². The molecule has 1 N–H and O–H groups in total. The van der Waals surface area contributed by atoms with E-state index in [4.69, 9.17) is 0 Å². The molecule has 21 heavy (non-hydrogen) atoms. The molecule has 0 atom stereocenters. The second-order valence-electron chi connectivity index (χ2n) is 4.44. The highest BCUT2D eigenvalue weighted by molar-refractivity contribution is 9.10. The minimum absolute atomic E-state index is 0.0236. The Labute approximate surface area is 130 Å². The highest BCUT2D eigenvalue weighted by Crippen LogP contribution is 2.33. The maximum absolute atomic E-state index is 12.5. The molecular formula is C14H18BrF3N2O. The van der Waals surface area contributed by atoms with Crippen molar-refractivity contribution in [3.8, 4) is 0 Å². The zero-order valence-corrected chi connectivity index (χ0v) is 13.5. The first-order valence-corrected chi connectivity index (χ1v) is 7.47. The molecule has 0 saturated carbocycles. The van der Waals surface area contributed by atoms with Gasteiger partial charge in [0.25, 0.3) is 0 Å². The third-order valence-corrected chi connectivity index (χ3v) is 3.72. The summed E-state index contributed by atoms with van der Waals surface area (Å²) in [6.07, 6.45) is -4.06. The fraction of sp³-hybridized carbons (Fsp3) is 0.500. The average Bonchev–Trinajstić information content (AvgIpc) is 2.40. The van der Waals surface area contributed by atoms with Crippen molar-refractivity contribution >= 4 is 27.5 Å². The molecule has 0 aliphatic rings. The molecule has 7 heteroatoms. The topological polar surface area (TPSA) is 32.3 Å². The van der Waals surface area contributed by atoms with Crippen LogP contribution in [0.4, 0.5) is 18.9 Å². The first kappa shape index (κ1) is 17.8. The number of alkyl halides is 3. The van der Waals surface area contributed by atoms with Gasteiger partial charge in [0, 0.05) is 36.2 Å². The van der Waals surface area contributed by atoms with Crippen molar-refractivity contribution in [2.24, 2.45) is 0 Å². The van der Waals surface area contributed by atoms with E-state index in [9.17, 15) is 18.0 Å². The number of anilines is 1. The van der Waals surface area contributed by atoms with Crippen molar-refractivity contribution in [1.82, 2.24) is 4.90 Å². The van der Waals surface area contributed by atoms with Crippen LogP contribution in [0.2, 0.25) is 0 Å². The van der Waals surface area contributed by atoms with Crippen LogP contribution in [-0.4, -0.2) is 30.4 Å². The summed E-state index contributed by atoms with van der Waals surface area (Å²) in [6, 6.07) is 3.39. The summed E-state index contributed by atoms with van der Waals surface area (Å²) < 4.78 is 37.9. The molecule has 0 unspecified atom stereocenters. The summed E-state index contributed by atoms with van der Waals surface area (Å²) in [6.45, 7) is 5.49. The van der Waals surface area contributed by atoms with Gasteiger partial charge in [-0.05, 0) is 48.0 Å². The Bertz CT molecular complexity index is 488. The molecule has 0 aliphatic heterocycles. The van der Waals surface area contributed by atoms with Crippen LogP contribution in [0.1, 0.15) is 25.8 Å². The Morgan fingerprint density at radius 2 is 1.90 bits per heavy atom. The fourth-order valence-electron chi connectivity index (χ4n) is 1.87. The molecule has 3 nitrogen and oxygen atoms in total. The largest absolute Gasteiger partial charge is 0.416 e. The van der Waals surface area contributed by atoms with Crippen molar-refractivity contribution in [2.75, 3.05) is 25.0 Å². The predicted molar refractivity (Wildman–Crippen MR) is 80.2 cm³/mol. The Morgan fingerprint density at radius 1 is 1.29 bits per heavy atom. The van der Waals surface area contributed by atoms with E-state index in [2.05, 4.69) is 21.2 Å². The molecule has 118 valence electrons. The van der Waals surface area contributed by atoms with Gasteiger partial charge in [0.1, 0.15) is 0 Å². The predicted octanol–water partition coefficient (Wildman–Crippen LogP) is 4.14. The van der Waals surface area contributed by atoms with Crippen molar-refractivity contribution in [2.45, 2.75) is 26.4 Å². The van der Waals surface area contributed by atoms with Gasteiger partial charge < -0.3 is 10.2 Å². The molecule has 1 rings (SSSR count). The van der Waals surface area contributed by atoms with Crippen LogP contribution in [0, 0.1) is 0 Å². The van der Waals surface area contributed by atoms with Crippen molar-refractivity contribution in [3.05, 3.63) is 28.2 Å². The van der Waals surface area contributed by atoms with Gasteiger partial charge in [-0.3, -0.25) is 4.79 Å². The van der Waals surface area contributed by atoms with E-state index in [0.29, 0.717) is 36.2 Å². The van der Waals surface area contributed by atoms with Crippen LogP contribution in [-0.2, 0) is 11.0 Å². The van der Waals surface area contributed by atoms with Gasteiger partial charge in [-0.25, -0.2) is 0 Å². The average molecular weight is 367 g/mol. The van der Waals surface area contributed by atoms with Crippen LogP contribution in [0.25, 0.3) is 0 Å². The van der Waals surface area contributed by atoms with E-state index in [0.717, 1.165) is 12.1 Å². The number of nitrogens with one attached hydrogen (secondary N) is 1. The number of nitrogens with zero attached hydrogens (tertiary/aromatic N) is 1. The molecular weight excluding hydrogens is 349 g/mol. The third-order valence-electron chi connectivity index (χ3n) is 3.07. The van der Waals surface area contributed by atoms with Gasteiger partial charge in [-0.1, -0.05) is 0 Å². The molecule has 0 heterocycles. The summed E-state index contributed by atoms with van der Waals surface area (Å²) in [5.41, 5.74) is -0.172. The summed E-state index contributed by atoms with van der Waals surface area (Å²) in [5, 5.41) is 2.96. The molecule has 1 aromatic carbocycles. The zero-order chi connectivity index (χ0) is 16.0. The van der Waals surface area contributed by atoms with Crippen LogP contribution < -0.4 is 5.32 Å². The summed E-state index contributed by atoms with van der Waals surface area (Å²) >= 11 is 3.11. The van der Waals surface area contributed by atoms with Crippen LogP contribution in [0.15, 0.2) is 22.7 Å². The summed E-state index contributed by atoms with van der Waals surface area (Å²) in [5.74, 6) is 0.0236. The minimum Gasteiger partial charge on any atom is -0.384 e. The second kappa shape index (κ2) is 7.68. The second-order valence-corrected chi connectivity index (χ2v) is 5.29. The summed E-state index contributed by atoms with van der Waals surface area (Å²) in [4.78, 5) is 13.5. The molecule has 0 aromatic heterocycles. The zero-order valence-electron chi connectivity index (χ0n) is 11.9. The Balaban J connectivity index is 2.59. The van der Waals surface area contributed by atoms with Gasteiger partial charge in [0.05, 0.1) is 5.56 Å². The maximum Gasteiger partial charge on any atom is 0.416 e. The normalized spacial score (nSPS) is 11.3. The first-order chi connectivity index (χ1) is 9.79. The van der Waals surface area contributed by atoms with E-state index in [1.807, 2.05) is 13.8 Å². The van der Waals surface area contributed by atoms with E-state index in [-0.39, 0.29) is 5.91 Å². The van der Waals surface area contributed by atoms with Gasteiger partial charge in [-0.2, -0.15) is 13.2 Å². The quantitative estimate of drug-likeness (QED) is 0.820. The SMILES string of the molecule is CCN(CC)C(=O)CCNc1ccc(C(F)(F)F)cc1Br. The van der Waals surface area contributed by atoms with Crippen molar-refractivity contribution in [1.29, 1.82) is 0 Å². The number of hydrogen-bond acceptors (Lipinski definition) is 2. The minimum atomic E-state index is -4.36. The molecule has 0 fully saturated rings. The standard InChI is InChI=1S/C14H18BrF3N2O/c1-3-20(4-2)13(21)7-8-19-12-6-5-10(9-11(12)15)14(16,17)18/h5-6,9,19H,3-4,7-8H2,1-2H3. The smallest absolute Gasteiger partial charge is 0.384 e. The molecule has 0 aliphatic carbocycles. The highest BCUT2D eigenvalue weighted by atomic mass is 79.9. The summed E-state index contributed by atoms with van der Waals surface area (Å²) in [7, 11) is 0. The fourth-order valence-corrected chi connectivity index (χ4v) is 2.39. The molecule has 1 aromatic rings. The van der Waals surface area contributed by atoms with E-state index < -0.39 is 11.7 Å². The highest BCUT2D eigenvalue weighted by Gasteiger charge is 2.30. The van der Waals surface area contributed by atoms with Crippen molar-refractivity contribution < 1.29 is 18.0 Å². The Kier molecular flexibility index (Phi) is 6.51. The van der Waals surface area contributed by atoms with E-state index >= 15 is 0 Å². The molecule has 0 radical (unpaired) electrons. The number of amides is 1. The number of hydrogen-bond donors (Lipinski definition) is 1. The lowest BCUT2D eigenvalue weighted by molar-refractivity contribution is -0.137. The van der Waals surface area contributed by atoms with Gasteiger partial charge in [0.2, 0.25) is 5.91 Å². The number of halogens is 4. The van der Waals surface area contributed by atoms with Crippen LogP contribution in [0.3, 0.4) is 0 Å². The number of carbonyl (C=O) groups excluding carboxylic acids is 1. The lowest BCUT2D eigenvalue weighted by Gasteiger charge is -2.19. The maximum atomic E-state index is 12.5. The lowest BCUT2D eigenvalue weighted by Crippen LogP contribution is -2.31. The van der Waals surface area contributed by atoms with Crippen LogP contribution in [0.5, 0.6) is 0 Å². The van der Waals surface area contributed by atoms with Gasteiger partial charge in [0.15, 0.2) is 0 Å². The number of carbonyl (C=O) groups is 1. The Hall–Kier alpha value is -1.24. The monoisotopic (exact) mass is 366 g/mol. The van der Waals surface area contributed by atoms with E-state index in [1.165, 1.54) is 6.07 Å². The number of benzene rings is 1. The first-order valence-electron chi connectivity index (χ1n) is 6.68. The molecule has 0 saturated heterocycles. The number of rotatable bonds is 6. The Morgan fingerprint density at radius 3 is 2.38 bits per heavy atom. The third kappa shape index (κ3) is 5.22. The van der Waals surface area contributed by atoms with Crippen LogP contribution >= 0.6 is 15.9 Å². The molecule has 1 amide bonds. The lowest BCUT2D eigenvalue weighted by atomic mass is 10.2. The van der Waals surface area contributed by atoms with Gasteiger partial charge >= 0.3 is 6.18 Å². The van der Waals surface area contributed by atoms with Gasteiger partial charge in [-0.15, -0.1) is 0 Å². The molecule has 0 bridgehead atoms. The molecule has 0 spiro atoms.